The number of phenolic OH excluding ortho intramolecular Hbond substituents is 2. The molecule has 6 aromatic carbocycles. The second-order valence-electron chi connectivity index (χ2n) is 27.1. The number of halogens is 2. The first-order valence-corrected chi connectivity index (χ1v) is 35.1. The number of aliphatic imine (C=N–C) groups is 1. The third-order valence-corrected chi connectivity index (χ3v) is 13.3. The van der Waals surface area contributed by atoms with Crippen molar-refractivity contribution in [1.82, 2.24) is 31.9 Å². The molecule has 0 aliphatic carbocycles. The number of hydrogen-bond donors (Lipinski definition) is 13. The monoisotopic (exact) mass is 1640 g/mol. The van der Waals surface area contributed by atoms with E-state index in [2.05, 4.69) is 64.8 Å². The molecule has 0 bridgehead atoms. The highest BCUT2D eigenvalue weighted by molar-refractivity contribution is 6.15. The number of guanidine groups is 4. The quantitative estimate of drug-likeness (QED) is 0.0221. The summed E-state index contributed by atoms with van der Waals surface area (Å²) in [4.78, 5) is 106. The van der Waals surface area contributed by atoms with Crippen molar-refractivity contribution < 1.29 is 78.0 Å². The van der Waals surface area contributed by atoms with Crippen LogP contribution in [0.2, 0.25) is 0 Å². The van der Waals surface area contributed by atoms with E-state index in [1.165, 1.54) is 60.6 Å². The summed E-state index contributed by atoms with van der Waals surface area (Å²) in [5, 5.41) is 55.8. The second-order valence-corrected chi connectivity index (χ2v) is 27.1. The number of ether oxygens (including phenoxy) is 6. The third-order valence-electron chi connectivity index (χ3n) is 13.3. The number of hydrogen-bond acceptors (Lipinski definition) is 21. The van der Waals surface area contributed by atoms with Crippen molar-refractivity contribution in [2.45, 2.75) is 147 Å². The SMILES string of the molecule is C.C1CCOC1.CCC.Cl.[2H]CC.[C-]#[N+]c1ccc(O)c(C(=O)N=C(N)N)c1N(C)C.[C-]#[N+]c1ccc(O)c(C(=O)NC(=N)NC(=O)OC(C)(C)C)c1N(C)C.[C-]#[N+]c1ccc(OCc2ccccc2)c(C(=O)NC(=N)NC(=O)OC(C)(C)C)c1F.[C-]#[N+]c1ccc(OCc2ccccc2)c(C(=O)NC(=N)NC(=O)OC(C)(C)C)c1N(C)C. The summed E-state index contributed by atoms with van der Waals surface area (Å²) < 4.78 is 52.4. The molecule has 1 fully saturated rings. The van der Waals surface area contributed by atoms with Crippen molar-refractivity contribution in [3.63, 3.8) is 0 Å². The lowest BCUT2D eigenvalue weighted by molar-refractivity contribution is 0.0548. The molecule has 1 saturated heterocycles. The van der Waals surface area contributed by atoms with Gasteiger partial charge < -0.3 is 64.8 Å². The number of phenols is 2. The molecule has 6 aromatic rings. The fourth-order valence-corrected chi connectivity index (χ4v) is 9.06. The Labute approximate surface area is 691 Å². The van der Waals surface area contributed by atoms with Crippen LogP contribution in [0.4, 0.5) is 58.6 Å². The number of amides is 7. The van der Waals surface area contributed by atoms with Crippen LogP contribution in [0.15, 0.2) is 114 Å². The molecule has 0 unspecified atom stereocenters. The highest BCUT2D eigenvalue weighted by atomic mass is 35.5. The first kappa shape index (κ1) is 103. The van der Waals surface area contributed by atoms with Crippen LogP contribution in [0, 0.1) is 48.3 Å². The van der Waals surface area contributed by atoms with Crippen LogP contribution >= 0.6 is 12.4 Å². The largest absolute Gasteiger partial charge is 0.507 e. The van der Waals surface area contributed by atoms with E-state index in [1.807, 2.05) is 41.7 Å². The molecule has 0 spiro atoms. The van der Waals surface area contributed by atoms with Crippen LogP contribution in [0.25, 0.3) is 19.4 Å². The van der Waals surface area contributed by atoms with Crippen LogP contribution in [0.1, 0.15) is 171 Å². The van der Waals surface area contributed by atoms with Gasteiger partial charge in [-0.05, 0) is 117 Å². The van der Waals surface area contributed by atoms with E-state index in [4.69, 9.17) is 83.8 Å². The molecule has 0 atom stereocenters. The number of nitrogens with two attached hydrogens (primary N) is 2. The molecule has 0 saturated carbocycles. The lowest BCUT2D eigenvalue weighted by Crippen LogP contribution is -2.45. The van der Waals surface area contributed by atoms with Crippen LogP contribution in [-0.4, -0.2) is 148 Å². The summed E-state index contributed by atoms with van der Waals surface area (Å²) >= 11 is 0. The Bertz CT molecular complexity index is 4580. The summed E-state index contributed by atoms with van der Waals surface area (Å²) in [7, 11) is 9.93. The topological polar surface area (TPSA) is 451 Å². The number of nitrogens with zero attached hydrogens (tertiary/aromatic N) is 8. The number of carbonyl (C=O) groups excluding carboxylic acids is 7. The molecule has 34 nitrogen and oxygen atoms in total. The summed E-state index contributed by atoms with van der Waals surface area (Å²) in [5.74, 6) is -7.25. The molecule has 36 heteroatoms. The Kier molecular flexibility index (Phi) is 45.7. The van der Waals surface area contributed by atoms with Gasteiger partial charge >= 0.3 is 18.3 Å². The Morgan fingerprint density at radius 2 is 0.803 bits per heavy atom. The van der Waals surface area contributed by atoms with E-state index in [-0.39, 0.29) is 107 Å². The lowest BCUT2D eigenvalue weighted by atomic mass is 10.1. The number of benzene rings is 6. The molecule has 7 amide bonds. The highest BCUT2D eigenvalue weighted by Gasteiger charge is 2.29. The first-order valence-electron chi connectivity index (χ1n) is 35.8. The molecule has 0 aromatic heterocycles. The summed E-state index contributed by atoms with van der Waals surface area (Å²) in [6, 6.07) is 29.4. The minimum absolute atomic E-state index is 0. The third kappa shape index (κ3) is 38.1. The zero-order chi connectivity index (χ0) is 88.4. The molecular formula is C81H109ClFN19O15. The molecule has 7 rings (SSSR count). The van der Waals surface area contributed by atoms with Gasteiger partial charge in [0.1, 0.15) is 64.4 Å². The van der Waals surface area contributed by atoms with E-state index < -0.39 is 93.9 Å². The second kappa shape index (κ2) is 51.8. The van der Waals surface area contributed by atoms with Gasteiger partial charge in [-0.3, -0.25) is 67.3 Å². The fourth-order valence-electron chi connectivity index (χ4n) is 9.06. The van der Waals surface area contributed by atoms with Crippen molar-refractivity contribution in [3.05, 3.63) is 194 Å². The maximum Gasteiger partial charge on any atom is 0.414 e. The van der Waals surface area contributed by atoms with Crippen LogP contribution < -0.4 is 67.5 Å². The Morgan fingerprint density at radius 1 is 0.513 bits per heavy atom. The predicted octanol–water partition coefficient (Wildman–Crippen LogP) is 15.1. The van der Waals surface area contributed by atoms with Gasteiger partial charge in [-0.25, -0.2) is 38.2 Å². The zero-order valence-electron chi connectivity index (χ0n) is 69.3. The minimum Gasteiger partial charge on any atom is -0.507 e. The van der Waals surface area contributed by atoms with Crippen LogP contribution in [0.3, 0.4) is 0 Å². The van der Waals surface area contributed by atoms with Gasteiger partial charge in [0.05, 0.1) is 60.0 Å². The van der Waals surface area contributed by atoms with E-state index in [0.29, 0.717) is 12.6 Å². The Morgan fingerprint density at radius 3 is 1.11 bits per heavy atom. The van der Waals surface area contributed by atoms with E-state index in [1.54, 1.807) is 158 Å². The number of alkyl carbamates (subject to hydrolysis) is 3. The Hall–Kier alpha value is -13.8. The molecule has 632 valence electrons. The molecule has 0 radical (unpaired) electrons. The fraction of sp³-hybridized carbons (Fsp3) is 0.370. The van der Waals surface area contributed by atoms with E-state index in [9.17, 15) is 48.2 Å². The lowest BCUT2D eigenvalue weighted by Gasteiger charge is -2.22. The van der Waals surface area contributed by atoms with Gasteiger partial charge in [0.25, 0.3) is 23.6 Å². The first-order chi connectivity index (χ1) is 54.3. The average Bonchev–Trinajstić information content (AvgIpc) is 1.20. The van der Waals surface area contributed by atoms with Crippen molar-refractivity contribution in [2.75, 3.05) is 70.2 Å². The maximum absolute atomic E-state index is 14.7. The molecule has 1 aliphatic heterocycles. The number of nitrogens with one attached hydrogen (secondary N) is 9. The number of rotatable bonds is 13. The van der Waals surface area contributed by atoms with Crippen LogP contribution in [0.5, 0.6) is 23.0 Å². The smallest absolute Gasteiger partial charge is 0.414 e. The Balaban J connectivity index is 0. The minimum atomic E-state index is -1.09. The molecule has 1 aliphatic rings. The standard InChI is InChI=1S/C23H27N5O4.C21H21FN4O4.C16H21N5O4.C11H13N5O2.C4H8O.C3H8.C2H6.CH4.ClH/c1-23(2,3)32-22(30)27-21(24)26-20(29)18-17(31-14-15-10-8-7-9-11-15)13-12-16(25-4)19(18)28(5)6;1-21(2,3)30-20(28)26-19(23)25-18(27)16-15(11-10-14(24-4)17(16)22)29-12-13-8-6-5-7-9-13;1-16(2,3)25-15(24)20-14(17)19-13(23)11-10(22)8-7-9(18-4)12(11)21(5)6;1-14-6-4-5-7(17)8(9(6)16(2)3)10(18)15-11(12)13;1-2-4-5-3-1;1-3-2;1-2;;/h7-13H,14H2,1-3,5-6H3,(H3,24,26,27,29,30);5-11H,12H2,1-3H3,(H3,23,25,26,27,28);7-8,22H,1-3,5-6H3,(H3,17,19,20,23,24);4-5,17H,2-3H3,(H4,12,13,15,18);1-4H2;3H2,1-2H3;1-2H3;1H4;1H/i;;;;;;1D;;. The normalized spacial score (nSPS) is 10.6. The van der Waals surface area contributed by atoms with Gasteiger partial charge in [0, 0.05) is 56.9 Å². The van der Waals surface area contributed by atoms with E-state index >= 15 is 0 Å². The zero-order valence-corrected chi connectivity index (χ0v) is 69.1. The van der Waals surface area contributed by atoms with Gasteiger partial charge in [-0.1, -0.05) is 120 Å². The molecular weight excluding hydrogens is 1530 g/mol. The van der Waals surface area contributed by atoms with Gasteiger partial charge in [-0.15, -0.1) is 12.4 Å². The number of aromatic hydroxyl groups is 2. The van der Waals surface area contributed by atoms with Crippen molar-refractivity contribution >= 4 is 118 Å². The summed E-state index contributed by atoms with van der Waals surface area (Å²) in [5.41, 5.74) is 9.99. The van der Waals surface area contributed by atoms with Gasteiger partial charge in [0.2, 0.25) is 40.6 Å². The average molecular weight is 1640 g/mol. The predicted molar refractivity (Wildman–Crippen MR) is 454 cm³/mol. The number of anilines is 3. The molecule has 1 heterocycles. The number of carbonyl (C=O) groups is 7. The molecule has 15 N–H and O–H groups in total. The highest BCUT2D eigenvalue weighted by Crippen LogP contribution is 2.40. The van der Waals surface area contributed by atoms with Crippen molar-refractivity contribution in [3.8, 4) is 23.0 Å². The maximum atomic E-state index is 14.7. The molecule has 117 heavy (non-hydrogen) atoms. The van der Waals surface area contributed by atoms with Gasteiger partial charge in [-0.2, -0.15) is 4.99 Å². The van der Waals surface area contributed by atoms with Crippen LogP contribution in [-0.2, 0) is 32.2 Å². The van der Waals surface area contributed by atoms with E-state index in [0.717, 1.165) is 24.3 Å². The van der Waals surface area contributed by atoms with Gasteiger partial charge in [0.15, 0.2) is 5.96 Å². The van der Waals surface area contributed by atoms with Crippen molar-refractivity contribution in [2.24, 2.45) is 16.5 Å². The van der Waals surface area contributed by atoms with Crippen molar-refractivity contribution in [1.29, 1.82) is 16.2 Å². The summed E-state index contributed by atoms with van der Waals surface area (Å²) in [6.07, 6.45) is 1.08. The summed E-state index contributed by atoms with van der Waals surface area (Å²) in [6.45, 7) is 52.5.